The molecule has 3 amide bonds. The number of amides is 3. The second-order valence-electron chi connectivity index (χ2n) is 6.76. The average Bonchev–Trinajstić information content (AvgIpc) is 3.05. The summed E-state index contributed by atoms with van der Waals surface area (Å²) in [6, 6.07) is 15.0. The molecule has 160 valence electrons. The molecule has 1 N–H and O–H groups in total. The Morgan fingerprint density at radius 1 is 0.812 bits per heavy atom. The van der Waals surface area contributed by atoms with Crippen LogP contribution < -0.4 is 10.2 Å². The first-order valence-electron chi connectivity index (χ1n) is 9.35. The number of imide groups is 1. The molecule has 32 heavy (non-hydrogen) atoms. The summed E-state index contributed by atoms with van der Waals surface area (Å²) in [7, 11) is 0. The number of rotatable bonds is 5. The van der Waals surface area contributed by atoms with Crippen molar-refractivity contribution in [3.63, 3.8) is 0 Å². The van der Waals surface area contributed by atoms with E-state index in [0.29, 0.717) is 11.1 Å². The van der Waals surface area contributed by atoms with Gasteiger partial charge in [-0.15, -0.1) is 0 Å². The van der Waals surface area contributed by atoms with Crippen LogP contribution in [0.3, 0.4) is 0 Å². The summed E-state index contributed by atoms with van der Waals surface area (Å²) in [5.41, 5.74) is 0.256. The monoisotopic (exact) mass is 436 g/mol. The summed E-state index contributed by atoms with van der Waals surface area (Å²) in [5.74, 6) is -4.68. The van der Waals surface area contributed by atoms with E-state index in [1.807, 2.05) is 5.32 Å². The molecule has 1 aliphatic heterocycles. The molecule has 0 radical (unpaired) electrons. The van der Waals surface area contributed by atoms with Crippen LogP contribution in [0, 0.1) is 11.6 Å². The zero-order chi connectivity index (χ0) is 22.8. The smallest absolute Gasteiger partial charge is 0.338 e. The molecule has 0 saturated heterocycles. The minimum atomic E-state index is -0.964. The fourth-order valence-corrected chi connectivity index (χ4v) is 3.18. The lowest BCUT2D eigenvalue weighted by Gasteiger charge is -2.14. The Labute approximate surface area is 180 Å². The van der Waals surface area contributed by atoms with E-state index in [1.54, 1.807) is 24.3 Å². The van der Waals surface area contributed by atoms with Gasteiger partial charge in [-0.25, -0.2) is 18.5 Å². The Bertz CT molecular complexity index is 1200. The van der Waals surface area contributed by atoms with Gasteiger partial charge in [0.1, 0.15) is 17.3 Å². The number of carbonyl (C=O) groups is 4. The number of carbonyl (C=O) groups excluding carboxylic acids is 4. The van der Waals surface area contributed by atoms with Crippen LogP contribution in [0.15, 0.2) is 66.7 Å². The molecule has 1 aliphatic rings. The first-order chi connectivity index (χ1) is 15.4. The van der Waals surface area contributed by atoms with Crippen molar-refractivity contribution in [3.8, 4) is 0 Å². The summed E-state index contributed by atoms with van der Waals surface area (Å²) in [6.07, 6.45) is 0. The second-order valence-corrected chi connectivity index (χ2v) is 6.76. The van der Waals surface area contributed by atoms with Crippen LogP contribution in [0.5, 0.6) is 0 Å². The molecule has 0 unspecified atom stereocenters. The van der Waals surface area contributed by atoms with E-state index >= 15 is 0 Å². The third-order valence-corrected chi connectivity index (χ3v) is 4.72. The van der Waals surface area contributed by atoms with Crippen LogP contribution in [0.25, 0.3) is 0 Å². The van der Waals surface area contributed by atoms with Crippen molar-refractivity contribution in [2.45, 2.75) is 0 Å². The summed E-state index contributed by atoms with van der Waals surface area (Å²) in [4.78, 5) is 50.1. The Kier molecular flexibility index (Phi) is 5.46. The van der Waals surface area contributed by atoms with Crippen molar-refractivity contribution < 1.29 is 32.7 Å². The van der Waals surface area contributed by atoms with Crippen molar-refractivity contribution in [1.82, 2.24) is 0 Å². The number of esters is 1. The van der Waals surface area contributed by atoms with Crippen LogP contribution in [0.4, 0.5) is 20.2 Å². The number of para-hydroxylation sites is 1. The van der Waals surface area contributed by atoms with E-state index in [9.17, 15) is 28.0 Å². The lowest BCUT2D eigenvalue weighted by atomic mass is 10.1. The van der Waals surface area contributed by atoms with Crippen molar-refractivity contribution in [3.05, 3.63) is 95.1 Å². The zero-order valence-electron chi connectivity index (χ0n) is 16.3. The van der Waals surface area contributed by atoms with Crippen LogP contribution in [-0.2, 0) is 9.53 Å². The average molecular weight is 436 g/mol. The van der Waals surface area contributed by atoms with Gasteiger partial charge in [-0.2, -0.15) is 0 Å². The van der Waals surface area contributed by atoms with Crippen molar-refractivity contribution >= 4 is 35.1 Å². The summed E-state index contributed by atoms with van der Waals surface area (Å²) >= 11 is 0. The minimum Gasteiger partial charge on any atom is -0.452 e. The van der Waals surface area contributed by atoms with Crippen LogP contribution >= 0.6 is 0 Å². The molecule has 0 aliphatic carbocycles. The summed E-state index contributed by atoms with van der Waals surface area (Å²) < 4.78 is 32.0. The van der Waals surface area contributed by atoms with Gasteiger partial charge in [0, 0.05) is 0 Å². The third kappa shape index (κ3) is 3.83. The fourth-order valence-electron chi connectivity index (χ4n) is 3.18. The SMILES string of the molecule is O=C(COC(=O)c1ccc(N2C(=O)c3ccccc3C2=O)cc1)Nc1c(F)cccc1F. The Hall–Kier alpha value is -4.40. The van der Waals surface area contributed by atoms with Gasteiger partial charge in [0.05, 0.1) is 22.4 Å². The largest absolute Gasteiger partial charge is 0.452 e. The first-order valence-corrected chi connectivity index (χ1v) is 9.35. The molecule has 0 spiro atoms. The number of hydrogen-bond acceptors (Lipinski definition) is 5. The maximum atomic E-state index is 13.6. The molecule has 0 bridgehead atoms. The van der Waals surface area contributed by atoms with E-state index in [4.69, 9.17) is 4.74 Å². The molecule has 1 heterocycles. The molecule has 7 nitrogen and oxygen atoms in total. The number of nitrogens with one attached hydrogen (secondary N) is 1. The minimum absolute atomic E-state index is 0.0511. The molecular formula is C23H14F2N2O5. The van der Waals surface area contributed by atoms with Crippen molar-refractivity contribution in [2.24, 2.45) is 0 Å². The van der Waals surface area contributed by atoms with E-state index in [2.05, 4.69) is 0 Å². The Balaban J connectivity index is 1.39. The van der Waals surface area contributed by atoms with Gasteiger partial charge in [-0.1, -0.05) is 18.2 Å². The number of fused-ring (bicyclic) bond motifs is 1. The zero-order valence-corrected chi connectivity index (χ0v) is 16.3. The molecule has 4 rings (SSSR count). The Morgan fingerprint density at radius 3 is 1.94 bits per heavy atom. The molecule has 0 aromatic heterocycles. The van der Waals surface area contributed by atoms with E-state index < -0.39 is 47.6 Å². The first kappa shape index (κ1) is 20.9. The van der Waals surface area contributed by atoms with E-state index in [-0.39, 0.29) is 11.3 Å². The topological polar surface area (TPSA) is 92.8 Å². The van der Waals surface area contributed by atoms with E-state index in [1.165, 1.54) is 24.3 Å². The van der Waals surface area contributed by atoms with Crippen molar-refractivity contribution in [2.75, 3.05) is 16.8 Å². The van der Waals surface area contributed by atoms with Gasteiger partial charge in [-0.05, 0) is 48.5 Å². The van der Waals surface area contributed by atoms with Crippen molar-refractivity contribution in [1.29, 1.82) is 0 Å². The molecular weight excluding hydrogens is 422 g/mol. The number of anilines is 2. The highest BCUT2D eigenvalue weighted by Gasteiger charge is 2.36. The van der Waals surface area contributed by atoms with Crippen LogP contribution in [0.2, 0.25) is 0 Å². The quantitative estimate of drug-likeness (QED) is 0.488. The maximum Gasteiger partial charge on any atom is 0.338 e. The number of benzene rings is 3. The summed E-state index contributed by atoms with van der Waals surface area (Å²) in [5, 5.41) is 2.00. The number of nitrogens with zero attached hydrogens (tertiary/aromatic N) is 1. The predicted octanol–water partition coefficient (Wildman–Crippen LogP) is 3.56. The standard InChI is InChI=1S/C23H14F2N2O5/c24-17-6-3-7-18(25)20(17)26-19(28)12-32-23(31)13-8-10-14(11-9-13)27-21(29)15-4-1-2-5-16(15)22(27)30/h1-11H,12H2,(H,26,28). The highest BCUT2D eigenvalue weighted by atomic mass is 19.1. The summed E-state index contributed by atoms with van der Waals surface area (Å²) in [6.45, 7) is -0.771. The van der Waals surface area contributed by atoms with Gasteiger partial charge in [-0.3, -0.25) is 14.4 Å². The van der Waals surface area contributed by atoms with Gasteiger partial charge < -0.3 is 10.1 Å². The molecule has 0 atom stereocenters. The molecule has 9 heteroatoms. The molecule has 0 saturated carbocycles. The van der Waals surface area contributed by atoms with Gasteiger partial charge in [0.2, 0.25) is 0 Å². The fraction of sp³-hybridized carbons (Fsp3) is 0.0435. The maximum absolute atomic E-state index is 13.6. The Morgan fingerprint density at radius 2 is 1.38 bits per heavy atom. The number of halogens is 2. The van der Waals surface area contributed by atoms with Crippen LogP contribution in [-0.4, -0.2) is 30.3 Å². The highest BCUT2D eigenvalue weighted by molar-refractivity contribution is 6.34. The normalized spacial score (nSPS) is 12.5. The number of hydrogen-bond donors (Lipinski definition) is 1. The second kappa shape index (κ2) is 8.38. The van der Waals surface area contributed by atoms with Gasteiger partial charge in [0.25, 0.3) is 17.7 Å². The lowest BCUT2D eigenvalue weighted by Crippen LogP contribution is -2.29. The van der Waals surface area contributed by atoms with E-state index in [0.717, 1.165) is 23.1 Å². The third-order valence-electron chi connectivity index (χ3n) is 4.72. The number of ether oxygens (including phenoxy) is 1. The molecule has 3 aromatic carbocycles. The molecule has 0 fully saturated rings. The van der Waals surface area contributed by atoms with Gasteiger partial charge in [0.15, 0.2) is 6.61 Å². The predicted molar refractivity (Wildman–Crippen MR) is 109 cm³/mol. The van der Waals surface area contributed by atoms with Gasteiger partial charge >= 0.3 is 5.97 Å². The highest BCUT2D eigenvalue weighted by Crippen LogP contribution is 2.28. The molecule has 3 aromatic rings. The lowest BCUT2D eigenvalue weighted by molar-refractivity contribution is -0.119. The van der Waals surface area contributed by atoms with Crippen LogP contribution in [0.1, 0.15) is 31.1 Å².